The van der Waals surface area contributed by atoms with Gasteiger partial charge in [-0.05, 0) is 36.8 Å². The van der Waals surface area contributed by atoms with Crippen molar-refractivity contribution in [3.8, 4) is 5.75 Å². The molecule has 2 aromatic rings. The van der Waals surface area contributed by atoms with Crippen LogP contribution in [0.4, 0.5) is 16.2 Å². The Hall–Kier alpha value is -2.20. The van der Waals surface area contributed by atoms with Gasteiger partial charge in [0.1, 0.15) is 5.75 Å². The molecule has 0 aliphatic heterocycles. The Bertz CT molecular complexity index is 614. The van der Waals surface area contributed by atoms with E-state index in [-0.39, 0.29) is 5.75 Å². The quantitative estimate of drug-likeness (QED) is 0.776. The molecule has 0 saturated heterocycles. The molecule has 0 radical (unpaired) electrons. The molecule has 2 rings (SSSR count). The van der Waals surface area contributed by atoms with Crippen LogP contribution in [0.5, 0.6) is 5.75 Å². The molecule has 0 unspecified atom stereocenters. The predicted octanol–water partition coefficient (Wildman–Crippen LogP) is 4.00. The first kappa shape index (κ1) is 13.2. The maximum absolute atomic E-state index is 11.7. The van der Waals surface area contributed by atoms with Crippen LogP contribution in [0.1, 0.15) is 5.56 Å². The zero-order chi connectivity index (χ0) is 13.8. The summed E-state index contributed by atoms with van der Waals surface area (Å²) in [4.78, 5) is 11.7. The molecule has 0 heterocycles. The van der Waals surface area contributed by atoms with Gasteiger partial charge < -0.3 is 15.7 Å². The van der Waals surface area contributed by atoms with Crippen molar-refractivity contribution in [2.75, 3.05) is 10.6 Å². The number of aryl methyl sites for hydroxylation is 1. The highest BCUT2D eigenvalue weighted by atomic mass is 35.5. The maximum Gasteiger partial charge on any atom is 0.323 e. The molecule has 5 heteroatoms. The number of carbonyl (C=O) groups excluding carboxylic acids is 1. The van der Waals surface area contributed by atoms with E-state index in [1.54, 1.807) is 43.3 Å². The topological polar surface area (TPSA) is 61.4 Å². The summed E-state index contributed by atoms with van der Waals surface area (Å²) in [6.07, 6.45) is 0. The summed E-state index contributed by atoms with van der Waals surface area (Å²) in [7, 11) is 0. The molecule has 19 heavy (non-hydrogen) atoms. The number of carbonyl (C=O) groups is 1. The van der Waals surface area contributed by atoms with Crippen LogP contribution < -0.4 is 10.6 Å². The Morgan fingerprint density at radius 2 is 1.79 bits per heavy atom. The number of hydrogen-bond acceptors (Lipinski definition) is 2. The van der Waals surface area contributed by atoms with E-state index in [1.807, 2.05) is 0 Å². The van der Waals surface area contributed by atoms with Crippen molar-refractivity contribution in [1.29, 1.82) is 0 Å². The Balaban J connectivity index is 2.03. The third kappa shape index (κ3) is 3.63. The van der Waals surface area contributed by atoms with Gasteiger partial charge in [0.2, 0.25) is 0 Å². The minimum atomic E-state index is -0.398. The number of amides is 2. The van der Waals surface area contributed by atoms with E-state index in [0.717, 1.165) is 5.56 Å². The minimum Gasteiger partial charge on any atom is -0.508 e. The van der Waals surface area contributed by atoms with Gasteiger partial charge in [-0.3, -0.25) is 0 Å². The van der Waals surface area contributed by atoms with E-state index in [0.29, 0.717) is 16.4 Å². The van der Waals surface area contributed by atoms with E-state index in [1.165, 1.54) is 6.07 Å². The molecule has 3 N–H and O–H groups in total. The van der Waals surface area contributed by atoms with Crippen LogP contribution in [0.2, 0.25) is 5.02 Å². The zero-order valence-corrected chi connectivity index (χ0v) is 11.0. The SMILES string of the molecule is Cc1ccc(NC(=O)Nc2cccc(Cl)c2)cc1O. The monoisotopic (exact) mass is 276 g/mol. The number of anilines is 2. The van der Waals surface area contributed by atoms with Crippen molar-refractivity contribution < 1.29 is 9.90 Å². The fourth-order valence-corrected chi connectivity index (χ4v) is 1.74. The Labute approximate surface area is 116 Å². The van der Waals surface area contributed by atoms with Crippen molar-refractivity contribution in [1.82, 2.24) is 0 Å². The highest BCUT2D eigenvalue weighted by molar-refractivity contribution is 6.30. The molecule has 0 aliphatic rings. The third-order valence-electron chi connectivity index (χ3n) is 2.55. The predicted molar refractivity (Wildman–Crippen MR) is 76.9 cm³/mol. The Kier molecular flexibility index (Phi) is 3.92. The summed E-state index contributed by atoms with van der Waals surface area (Å²) in [6, 6.07) is 11.4. The first-order chi connectivity index (χ1) is 9.04. The lowest BCUT2D eigenvalue weighted by Crippen LogP contribution is -2.19. The molecule has 4 nitrogen and oxygen atoms in total. The van der Waals surface area contributed by atoms with Gasteiger partial charge in [0.25, 0.3) is 0 Å². The van der Waals surface area contributed by atoms with Crippen LogP contribution in [0.15, 0.2) is 42.5 Å². The number of hydrogen-bond donors (Lipinski definition) is 3. The summed E-state index contributed by atoms with van der Waals surface area (Å²) in [5.74, 6) is 0.139. The largest absolute Gasteiger partial charge is 0.508 e. The van der Waals surface area contributed by atoms with Gasteiger partial charge in [0, 0.05) is 22.5 Å². The van der Waals surface area contributed by atoms with Crippen LogP contribution in [-0.2, 0) is 0 Å². The van der Waals surface area contributed by atoms with Crippen molar-refractivity contribution in [2.24, 2.45) is 0 Å². The van der Waals surface area contributed by atoms with Gasteiger partial charge in [-0.15, -0.1) is 0 Å². The number of aromatic hydroxyl groups is 1. The van der Waals surface area contributed by atoms with Crippen molar-refractivity contribution in [3.05, 3.63) is 53.1 Å². The third-order valence-corrected chi connectivity index (χ3v) is 2.78. The molecule has 0 fully saturated rings. The average Bonchev–Trinajstić information content (AvgIpc) is 2.34. The van der Waals surface area contributed by atoms with Gasteiger partial charge in [-0.25, -0.2) is 4.79 Å². The number of halogens is 1. The number of benzene rings is 2. The molecule has 0 spiro atoms. The number of nitrogens with one attached hydrogen (secondary N) is 2. The van der Waals surface area contributed by atoms with Gasteiger partial charge in [-0.2, -0.15) is 0 Å². The second-order valence-corrected chi connectivity index (χ2v) is 4.53. The lowest BCUT2D eigenvalue weighted by molar-refractivity contribution is 0.262. The molecular weight excluding hydrogens is 264 g/mol. The van der Waals surface area contributed by atoms with E-state index in [4.69, 9.17) is 11.6 Å². The molecule has 2 amide bonds. The van der Waals surface area contributed by atoms with Crippen LogP contribution in [0, 0.1) is 6.92 Å². The van der Waals surface area contributed by atoms with E-state index in [2.05, 4.69) is 10.6 Å². The number of phenolic OH excluding ortho intramolecular Hbond substituents is 1. The molecule has 0 bridgehead atoms. The van der Waals surface area contributed by atoms with Crippen molar-refractivity contribution in [3.63, 3.8) is 0 Å². The van der Waals surface area contributed by atoms with E-state index >= 15 is 0 Å². The van der Waals surface area contributed by atoms with Gasteiger partial charge in [0.05, 0.1) is 0 Å². The highest BCUT2D eigenvalue weighted by Crippen LogP contribution is 2.21. The van der Waals surface area contributed by atoms with E-state index in [9.17, 15) is 9.90 Å². The van der Waals surface area contributed by atoms with Crippen molar-refractivity contribution in [2.45, 2.75) is 6.92 Å². The first-order valence-corrected chi connectivity index (χ1v) is 6.05. The second-order valence-electron chi connectivity index (χ2n) is 4.09. The summed E-state index contributed by atoms with van der Waals surface area (Å²) < 4.78 is 0. The molecule has 0 aliphatic carbocycles. The molecule has 0 atom stereocenters. The van der Waals surface area contributed by atoms with Crippen LogP contribution in [-0.4, -0.2) is 11.1 Å². The maximum atomic E-state index is 11.7. The number of phenols is 1. The zero-order valence-electron chi connectivity index (χ0n) is 10.3. The summed E-state index contributed by atoms with van der Waals surface area (Å²) in [6.45, 7) is 1.78. The molecule has 2 aromatic carbocycles. The van der Waals surface area contributed by atoms with Gasteiger partial charge in [0.15, 0.2) is 0 Å². The van der Waals surface area contributed by atoms with Crippen LogP contribution in [0.25, 0.3) is 0 Å². The molecule has 98 valence electrons. The summed E-state index contributed by atoms with van der Waals surface area (Å²) in [5, 5.41) is 15.4. The lowest BCUT2D eigenvalue weighted by atomic mass is 10.2. The van der Waals surface area contributed by atoms with E-state index < -0.39 is 6.03 Å². The molecule has 0 aromatic heterocycles. The minimum absolute atomic E-state index is 0.139. The van der Waals surface area contributed by atoms with Gasteiger partial charge >= 0.3 is 6.03 Å². The highest BCUT2D eigenvalue weighted by Gasteiger charge is 2.04. The Morgan fingerprint density at radius 3 is 2.42 bits per heavy atom. The average molecular weight is 277 g/mol. The first-order valence-electron chi connectivity index (χ1n) is 5.68. The second kappa shape index (κ2) is 5.63. The molecule has 0 saturated carbocycles. The summed E-state index contributed by atoms with van der Waals surface area (Å²) >= 11 is 5.82. The van der Waals surface area contributed by atoms with Gasteiger partial charge in [-0.1, -0.05) is 23.7 Å². The standard InChI is InChI=1S/C14H13ClN2O2/c1-9-5-6-12(8-13(9)18)17-14(19)16-11-4-2-3-10(15)7-11/h2-8,18H,1H3,(H2,16,17,19). The normalized spacial score (nSPS) is 10.0. The summed E-state index contributed by atoms with van der Waals surface area (Å²) in [5.41, 5.74) is 1.87. The van der Waals surface area contributed by atoms with Crippen molar-refractivity contribution >= 4 is 29.0 Å². The number of urea groups is 1. The van der Waals surface area contributed by atoms with Crippen LogP contribution >= 0.6 is 11.6 Å². The fourth-order valence-electron chi connectivity index (χ4n) is 1.55. The molecular formula is C14H13ClN2O2. The number of rotatable bonds is 2. The lowest BCUT2D eigenvalue weighted by Gasteiger charge is -2.09. The van der Waals surface area contributed by atoms with Crippen LogP contribution in [0.3, 0.4) is 0 Å². The Morgan fingerprint density at radius 1 is 1.11 bits per heavy atom. The smallest absolute Gasteiger partial charge is 0.323 e. The fraction of sp³-hybridized carbons (Fsp3) is 0.0714.